The van der Waals surface area contributed by atoms with Crippen molar-refractivity contribution in [3.05, 3.63) is 72.0 Å². The molecule has 3 aromatic carbocycles. The van der Waals surface area contributed by atoms with E-state index in [4.69, 9.17) is 0 Å². The predicted octanol–water partition coefficient (Wildman–Crippen LogP) is 4.29. The highest BCUT2D eigenvalue weighted by molar-refractivity contribution is 6.08. The highest BCUT2D eigenvalue weighted by Crippen LogP contribution is 2.32. The number of piperazine rings is 1. The van der Waals surface area contributed by atoms with Gasteiger partial charge < -0.3 is 15.1 Å². The number of nitrogens with one attached hydrogen (secondary N) is 1. The molecule has 5 rings (SSSR count). The Morgan fingerprint density at radius 2 is 1.52 bits per heavy atom. The Hall–Kier alpha value is -3.41. The SMILES string of the molecule is O=C(Nc1cc2ccccc2cc1C(=O)N1CCN(c2ccc(F)cc2)CC1)C1CC1. The number of carbonyl (C=O) groups excluding carboxylic acids is 2. The highest BCUT2D eigenvalue weighted by Gasteiger charge is 2.31. The summed E-state index contributed by atoms with van der Waals surface area (Å²) in [4.78, 5) is 29.8. The van der Waals surface area contributed by atoms with Gasteiger partial charge in [-0.1, -0.05) is 24.3 Å². The summed E-state index contributed by atoms with van der Waals surface area (Å²) in [6.07, 6.45) is 1.82. The quantitative estimate of drug-likeness (QED) is 0.689. The minimum absolute atomic E-state index is 0.00883. The second-order valence-corrected chi connectivity index (χ2v) is 8.26. The molecule has 1 N–H and O–H groups in total. The van der Waals surface area contributed by atoms with Gasteiger partial charge in [-0.2, -0.15) is 0 Å². The fourth-order valence-electron chi connectivity index (χ4n) is 4.09. The van der Waals surface area contributed by atoms with Crippen LogP contribution < -0.4 is 10.2 Å². The molecule has 31 heavy (non-hydrogen) atoms. The maximum Gasteiger partial charge on any atom is 0.256 e. The van der Waals surface area contributed by atoms with Crippen LogP contribution in [0.25, 0.3) is 10.8 Å². The first-order valence-corrected chi connectivity index (χ1v) is 10.7. The van der Waals surface area contributed by atoms with E-state index in [1.165, 1.54) is 12.1 Å². The van der Waals surface area contributed by atoms with E-state index in [2.05, 4.69) is 10.2 Å². The van der Waals surface area contributed by atoms with Crippen LogP contribution in [0.3, 0.4) is 0 Å². The fourth-order valence-corrected chi connectivity index (χ4v) is 4.09. The number of hydrogen-bond donors (Lipinski definition) is 1. The third-order valence-electron chi connectivity index (χ3n) is 6.08. The largest absolute Gasteiger partial charge is 0.368 e. The Kier molecular flexibility index (Phi) is 5.06. The van der Waals surface area contributed by atoms with Crippen LogP contribution in [-0.2, 0) is 4.79 Å². The lowest BCUT2D eigenvalue weighted by atomic mass is 10.0. The van der Waals surface area contributed by atoms with Gasteiger partial charge in [0.25, 0.3) is 5.91 Å². The fraction of sp³-hybridized carbons (Fsp3) is 0.280. The molecule has 3 aromatic rings. The standard InChI is InChI=1S/C25H24FN3O2/c26-20-7-9-21(10-8-20)28-11-13-29(14-12-28)25(31)22-15-18-3-1-2-4-19(18)16-23(22)27-24(30)17-5-6-17/h1-4,7-10,15-17H,5-6,11-14H2,(H,27,30). The average Bonchev–Trinajstić information content (AvgIpc) is 3.64. The molecule has 0 spiro atoms. The van der Waals surface area contributed by atoms with E-state index in [0.717, 1.165) is 29.3 Å². The molecule has 1 aliphatic carbocycles. The number of rotatable bonds is 4. The summed E-state index contributed by atoms with van der Waals surface area (Å²) in [7, 11) is 0. The number of anilines is 2. The first-order valence-electron chi connectivity index (χ1n) is 10.7. The summed E-state index contributed by atoms with van der Waals surface area (Å²) in [5.41, 5.74) is 2.07. The molecule has 2 aliphatic rings. The van der Waals surface area contributed by atoms with Crippen molar-refractivity contribution < 1.29 is 14.0 Å². The molecule has 5 nitrogen and oxygen atoms in total. The Bertz CT molecular complexity index is 1130. The summed E-state index contributed by atoms with van der Waals surface area (Å²) in [5.74, 6) is -0.274. The molecule has 2 amide bonds. The highest BCUT2D eigenvalue weighted by atomic mass is 19.1. The Balaban J connectivity index is 1.37. The Morgan fingerprint density at radius 1 is 0.871 bits per heavy atom. The summed E-state index contributed by atoms with van der Waals surface area (Å²) in [6, 6.07) is 18.1. The predicted molar refractivity (Wildman–Crippen MR) is 120 cm³/mol. The first-order chi connectivity index (χ1) is 15.1. The number of hydrogen-bond acceptors (Lipinski definition) is 3. The number of benzene rings is 3. The van der Waals surface area contributed by atoms with Crippen LogP contribution in [0.5, 0.6) is 0 Å². The van der Waals surface area contributed by atoms with E-state index < -0.39 is 0 Å². The number of nitrogens with zero attached hydrogens (tertiary/aromatic N) is 2. The molecular weight excluding hydrogens is 393 g/mol. The molecule has 1 aliphatic heterocycles. The topological polar surface area (TPSA) is 52.7 Å². The van der Waals surface area contributed by atoms with Gasteiger partial charge in [0.1, 0.15) is 5.82 Å². The van der Waals surface area contributed by atoms with Gasteiger partial charge in [-0.3, -0.25) is 9.59 Å². The zero-order valence-electron chi connectivity index (χ0n) is 17.2. The normalized spacial score (nSPS) is 16.4. The lowest BCUT2D eigenvalue weighted by molar-refractivity contribution is -0.117. The molecule has 158 valence electrons. The van der Waals surface area contributed by atoms with Gasteiger partial charge in [-0.25, -0.2) is 4.39 Å². The second-order valence-electron chi connectivity index (χ2n) is 8.26. The second kappa shape index (κ2) is 8.02. The van der Waals surface area contributed by atoms with Crippen molar-refractivity contribution >= 4 is 34.0 Å². The van der Waals surface area contributed by atoms with Crippen LogP contribution in [0.2, 0.25) is 0 Å². The maximum absolute atomic E-state index is 13.4. The maximum atomic E-state index is 13.4. The third-order valence-corrected chi connectivity index (χ3v) is 6.08. The van der Waals surface area contributed by atoms with Crippen LogP contribution >= 0.6 is 0 Å². The number of fused-ring (bicyclic) bond motifs is 1. The molecule has 0 atom stereocenters. The van der Waals surface area contributed by atoms with Gasteiger partial charge in [0.05, 0.1) is 11.3 Å². The van der Waals surface area contributed by atoms with Crippen LogP contribution in [0.1, 0.15) is 23.2 Å². The van der Waals surface area contributed by atoms with Crippen molar-refractivity contribution in [3.63, 3.8) is 0 Å². The van der Waals surface area contributed by atoms with Crippen molar-refractivity contribution in [1.29, 1.82) is 0 Å². The van der Waals surface area contributed by atoms with Crippen molar-refractivity contribution in [2.45, 2.75) is 12.8 Å². The molecule has 0 bridgehead atoms. The van der Waals surface area contributed by atoms with Crippen molar-refractivity contribution in [2.75, 3.05) is 36.4 Å². The van der Waals surface area contributed by atoms with Crippen LogP contribution in [0, 0.1) is 11.7 Å². The summed E-state index contributed by atoms with van der Waals surface area (Å²) in [5, 5.41) is 4.96. The van der Waals surface area contributed by atoms with E-state index in [9.17, 15) is 14.0 Å². The van der Waals surface area contributed by atoms with Gasteiger partial charge >= 0.3 is 0 Å². The Labute approximate surface area is 180 Å². The molecule has 1 saturated heterocycles. The molecule has 1 heterocycles. The number of carbonyl (C=O) groups is 2. The van der Waals surface area contributed by atoms with Crippen LogP contribution in [0.15, 0.2) is 60.7 Å². The van der Waals surface area contributed by atoms with Gasteiger partial charge in [-0.15, -0.1) is 0 Å². The van der Waals surface area contributed by atoms with Gasteiger partial charge in [-0.05, 0) is 60.0 Å². The summed E-state index contributed by atoms with van der Waals surface area (Å²) < 4.78 is 13.2. The minimum Gasteiger partial charge on any atom is -0.368 e. The van der Waals surface area contributed by atoms with E-state index in [1.807, 2.05) is 41.3 Å². The lowest BCUT2D eigenvalue weighted by Gasteiger charge is -2.36. The van der Waals surface area contributed by atoms with Crippen molar-refractivity contribution in [1.82, 2.24) is 4.90 Å². The first kappa shape index (κ1) is 19.5. The smallest absolute Gasteiger partial charge is 0.256 e. The van der Waals surface area contributed by atoms with Crippen molar-refractivity contribution in [3.8, 4) is 0 Å². The van der Waals surface area contributed by atoms with Gasteiger partial charge in [0.15, 0.2) is 0 Å². The minimum atomic E-state index is -0.255. The van der Waals surface area contributed by atoms with E-state index in [-0.39, 0.29) is 23.5 Å². The monoisotopic (exact) mass is 417 g/mol. The zero-order valence-corrected chi connectivity index (χ0v) is 17.2. The Morgan fingerprint density at radius 3 is 2.16 bits per heavy atom. The molecule has 6 heteroatoms. The molecule has 0 aromatic heterocycles. The van der Waals surface area contributed by atoms with Crippen molar-refractivity contribution in [2.24, 2.45) is 5.92 Å². The van der Waals surface area contributed by atoms with Crippen LogP contribution in [0.4, 0.5) is 15.8 Å². The number of halogens is 1. The average molecular weight is 417 g/mol. The number of amides is 2. The lowest BCUT2D eigenvalue weighted by Crippen LogP contribution is -2.49. The van der Waals surface area contributed by atoms with E-state index in [0.29, 0.717) is 37.4 Å². The molecular formula is C25H24FN3O2. The summed E-state index contributed by atoms with van der Waals surface area (Å²) in [6.45, 7) is 2.49. The third kappa shape index (κ3) is 4.10. The van der Waals surface area contributed by atoms with E-state index >= 15 is 0 Å². The summed E-state index contributed by atoms with van der Waals surface area (Å²) >= 11 is 0. The molecule has 1 saturated carbocycles. The van der Waals surface area contributed by atoms with Crippen LogP contribution in [-0.4, -0.2) is 42.9 Å². The molecule has 2 fully saturated rings. The molecule has 0 unspecified atom stereocenters. The zero-order chi connectivity index (χ0) is 21.4. The van der Waals surface area contributed by atoms with Gasteiger partial charge in [0.2, 0.25) is 5.91 Å². The molecule has 0 radical (unpaired) electrons. The van der Waals surface area contributed by atoms with E-state index in [1.54, 1.807) is 12.1 Å². The van der Waals surface area contributed by atoms with Gasteiger partial charge in [0, 0.05) is 37.8 Å².